The summed E-state index contributed by atoms with van der Waals surface area (Å²) < 4.78 is 4.81. The van der Waals surface area contributed by atoms with E-state index in [9.17, 15) is 24.3 Å². The fourth-order valence-electron chi connectivity index (χ4n) is 9.65. The number of nitrogens with one attached hydrogen (secondary N) is 3. The van der Waals surface area contributed by atoms with E-state index in [-0.39, 0.29) is 47.8 Å². The lowest BCUT2D eigenvalue weighted by molar-refractivity contribution is -0.140. The number of imidazole rings is 2. The summed E-state index contributed by atoms with van der Waals surface area (Å²) in [6, 6.07) is 19.2. The second-order valence-corrected chi connectivity index (χ2v) is 17.3. The van der Waals surface area contributed by atoms with Crippen LogP contribution in [0.2, 0.25) is 0 Å². The predicted molar refractivity (Wildman–Crippen MR) is 217 cm³/mol. The van der Waals surface area contributed by atoms with Gasteiger partial charge in [0, 0.05) is 19.1 Å². The van der Waals surface area contributed by atoms with Crippen molar-refractivity contribution in [1.82, 2.24) is 40.0 Å². The number of piperidine rings is 2. The van der Waals surface area contributed by atoms with Gasteiger partial charge in [0.05, 0.1) is 41.3 Å². The molecule has 9 rings (SSSR count). The molecule has 14 nitrogen and oxygen atoms in total. The molecule has 8 atom stereocenters. The summed E-state index contributed by atoms with van der Waals surface area (Å²) in [6.45, 7) is 7.61. The highest BCUT2D eigenvalue weighted by Gasteiger charge is 2.57. The van der Waals surface area contributed by atoms with Crippen LogP contribution in [0.5, 0.6) is 0 Å². The fourth-order valence-corrected chi connectivity index (χ4v) is 9.65. The quantitative estimate of drug-likeness (QED) is 0.116. The lowest BCUT2D eigenvalue weighted by Crippen LogP contribution is -2.52. The number of methoxy groups -OCH3 is 1. The van der Waals surface area contributed by atoms with Crippen molar-refractivity contribution in [3.63, 3.8) is 0 Å². The van der Waals surface area contributed by atoms with Gasteiger partial charge in [-0.3, -0.25) is 14.5 Å². The highest BCUT2D eigenvalue weighted by molar-refractivity contribution is 5.89. The van der Waals surface area contributed by atoms with Crippen LogP contribution >= 0.6 is 0 Å². The number of alkyl carbamates (subject to hydrolysis) is 1. The zero-order chi connectivity index (χ0) is 40.7. The number of rotatable bonds is 10. The van der Waals surface area contributed by atoms with Crippen molar-refractivity contribution in [1.29, 1.82) is 0 Å². The Bertz CT molecular complexity index is 2440. The number of hydrogen-bond acceptors (Lipinski definition) is 7. The van der Waals surface area contributed by atoms with E-state index in [1.165, 1.54) is 14.2 Å². The number of aromatic nitrogens is 4. The van der Waals surface area contributed by atoms with E-state index in [0.717, 1.165) is 86.6 Å². The molecule has 2 aliphatic heterocycles. The first-order valence-electron chi connectivity index (χ1n) is 20.4. The number of ether oxygens (including phenoxy) is 1. The van der Waals surface area contributed by atoms with E-state index in [1.807, 2.05) is 49.6 Å². The van der Waals surface area contributed by atoms with Crippen LogP contribution in [0.3, 0.4) is 0 Å². The zero-order valence-electron chi connectivity index (χ0n) is 33.6. The summed E-state index contributed by atoms with van der Waals surface area (Å²) in [7, 11) is 2.77. The summed E-state index contributed by atoms with van der Waals surface area (Å²) in [6.07, 6.45) is 1.84. The number of carboxylic acid groups (broad SMARTS) is 1. The number of nitrogens with zero attached hydrogens (tertiary/aromatic N) is 5. The number of benzene rings is 3. The number of aromatic amines is 2. The first-order chi connectivity index (χ1) is 27.8. The van der Waals surface area contributed by atoms with Crippen molar-refractivity contribution in [3.8, 4) is 22.3 Å². The minimum absolute atomic E-state index is 0.102. The van der Waals surface area contributed by atoms with E-state index in [0.29, 0.717) is 11.8 Å². The Morgan fingerprint density at radius 1 is 0.724 bits per heavy atom. The standard InChI is InChI=1S/C44H50N8O6/c1-21(2)37(49-43(55)58-6)41(53)51-33-17-27(33)19-35(51)39-45-29-13-11-25(15-31(29)47-39)23-7-9-24(10-8-23)26-12-14-30-32(16-26)48-40(46-30)36-20-28-18-34(28)52(36)42(54)38(22(3)4)50(5)44(56)57/h7-16,21-22,27-28,33-38H,17-20H2,1-6H3,(H,45,47)(H,46,48)(H,49,55)(H,56,57)/t27-,28-,33-,34-,35+,36+,37+,38+/m1/s1. The molecule has 14 heteroatoms. The van der Waals surface area contributed by atoms with Crippen LogP contribution < -0.4 is 5.32 Å². The molecule has 0 bridgehead atoms. The Kier molecular flexibility index (Phi) is 9.20. The van der Waals surface area contributed by atoms with Crippen molar-refractivity contribution in [2.24, 2.45) is 23.7 Å². The smallest absolute Gasteiger partial charge is 0.407 e. The maximum absolute atomic E-state index is 13.9. The molecule has 4 amide bonds. The van der Waals surface area contributed by atoms with Crippen molar-refractivity contribution >= 4 is 46.1 Å². The molecule has 0 unspecified atom stereocenters. The maximum atomic E-state index is 13.9. The number of amides is 4. The lowest BCUT2D eigenvalue weighted by Gasteiger charge is -2.35. The van der Waals surface area contributed by atoms with Gasteiger partial charge in [-0.05, 0) is 95.9 Å². The molecule has 3 aromatic carbocycles. The topological polar surface area (TPSA) is 177 Å². The van der Waals surface area contributed by atoms with E-state index in [4.69, 9.17) is 14.7 Å². The lowest BCUT2D eigenvalue weighted by atomic mass is 10.00. The van der Waals surface area contributed by atoms with Gasteiger partial charge in [-0.1, -0.05) is 64.1 Å². The fraction of sp³-hybridized carbons (Fsp3) is 0.455. The third kappa shape index (κ3) is 6.51. The third-order valence-electron chi connectivity index (χ3n) is 12.9. The molecule has 2 saturated heterocycles. The summed E-state index contributed by atoms with van der Waals surface area (Å²) in [5.41, 5.74) is 7.60. The van der Waals surface area contributed by atoms with Crippen LogP contribution in [0.4, 0.5) is 9.59 Å². The zero-order valence-corrected chi connectivity index (χ0v) is 33.6. The number of carbonyl (C=O) groups excluding carboxylic acids is 3. The first kappa shape index (κ1) is 37.6. The van der Waals surface area contributed by atoms with Gasteiger partial charge in [-0.2, -0.15) is 0 Å². The molecule has 4 heterocycles. The minimum Gasteiger partial charge on any atom is -0.465 e. The summed E-state index contributed by atoms with van der Waals surface area (Å²) >= 11 is 0. The molecule has 4 aliphatic rings. The molecule has 2 aliphatic carbocycles. The SMILES string of the molecule is COC(=O)N[C@H](C(=O)N1[C@@H]2C[C@@H]2C[C@H]1c1nc2ccc(-c3ccc(-c4ccc5nc([C@@H]6C[C@H]7C[C@H]7N6C(=O)[C@H](C(C)C)N(C)C(=O)O)[nH]c5c4)cc3)cc2[nH]1)C(C)C. The van der Waals surface area contributed by atoms with Crippen molar-refractivity contribution < 1.29 is 29.0 Å². The van der Waals surface area contributed by atoms with Crippen molar-refractivity contribution in [2.45, 2.75) is 89.6 Å². The average molecular weight is 787 g/mol. The van der Waals surface area contributed by atoms with E-state index < -0.39 is 24.3 Å². The Morgan fingerprint density at radius 2 is 1.19 bits per heavy atom. The van der Waals surface area contributed by atoms with Gasteiger partial charge in [0.2, 0.25) is 11.8 Å². The van der Waals surface area contributed by atoms with Crippen LogP contribution in [0.1, 0.15) is 77.1 Å². The molecule has 0 radical (unpaired) electrons. The summed E-state index contributed by atoms with van der Waals surface area (Å²) in [5, 5.41) is 12.4. The van der Waals surface area contributed by atoms with Gasteiger partial charge in [-0.25, -0.2) is 19.6 Å². The number of hydrogen-bond donors (Lipinski definition) is 4. The maximum Gasteiger partial charge on any atom is 0.407 e. The molecule has 58 heavy (non-hydrogen) atoms. The van der Waals surface area contributed by atoms with Gasteiger partial charge in [-0.15, -0.1) is 0 Å². The molecular formula is C44H50N8O6. The summed E-state index contributed by atoms with van der Waals surface area (Å²) in [5.74, 6) is 1.82. The number of likely N-dealkylation sites (tertiary alicyclic amines) is 2. The summed E-state index contributed by atoms with van der Waals surface area (Å²) in [4.78, 5) is 73.6. The largest absolute Gasteiger partial charge is 0.465 e. The first-order valence-corrected chi connectivity index (χ1v) is 20.4. The van der Waals surface area contributed by atoms with E-state index in [1.54, 1.807) is 0 Å². The number of carbonyl (C=O) groups is 4. The third-order valence-corrected chi connectivity index (χ3v) is 12.9. The number of H-pyrrole nitrogens is 2. The van der Waals surface area contributed by atoms with Crippen LogP contribution in [0, 0.1) is 23.7 Å². The number of fused-ring (bicyclic) bond motifs is 4. The van der Waals surface area contributed by atoms with Crippen LogP contribution in [-0.2, 0) is 14.3 Å². The van der Waals surface area contributed by atoms with Crippen LogP contribution in [-0.4, -0.2) is 102 Å². The van der Waals surface area contributed by atoms with Crippen molar-refractivity contribution in [3.05, 3.63) is 72.3 Å². The highest BCUT2D eigenvalue weighted by Crippen LogP contribution is 2.55. The van der Waals surface area contributed by atoms with E-state index >= 15 is 0 Å². The molecule has 0 spiro atoms. The molecular weight excluding hydrogens is 737 g/mol. The Hall–Kier alpha value is -5.92. The normalized spacial score (nSPS) is 24.2. The Balaban J connectivity index is 0.922. The molecule has 2 saturated carbocycles. The van der Waals surface area contributed by atoms with Crippen LogP contribution in [0.25, 0.3) is 44.3 Å². The van der Waals surface area contributed by atoms with E-state index in [2.05, 4.69) is 63.8 Å². The molecule has 4 N–H and O–H groups in total. The van der Waals surface area contributed by atoms with Gasteiger partial charge in [0.1, 0.15) is 23.7 Å². The van der Waals surface area contributed by atoms with Gasteiger partial charge >= 0.3 is 12.2 Å². The second-order valence-electron chi connectivity index (χ2n) is 17.3. The van der Waals surface area contributed by atoms with Crippen LogP contribution in [0.15, 0.2) is 60.7 Å². The molecule has 302 valence electrons. The number of likely N-dealkylation sites (N-methyl/N-ethyl adjacent to an activating group) is 1. The second kappa shape index (κ2) is 14.2. The van der Waals surface area contributed by atoms with Gasteiger partial charge in [0.15, 0.2) is 0 Å². The van der Waals surface area contributed by atoms with Crippen molar-refractivity contribution in [2.75, 3.05) is 14.2 Å². The van der Waals surface area contributed by atoms with Gasteiger partial charge < -0.3 is 34.9 Å². The molecule has 4 fully saturated rings. The Morgan fingerprint density at radius 3 is 1.62 bits per heavy atom. The molecule has 2 aromatic heterocycles. The average Bonchev–Trinajstić information content (AvgIpc) is 3.86. The minimum atomic E-state index is -1.11. The highest BCUT2D eigenvalue weighted by atomic mass is 16.5. The predicted octanol–water partition coefficient (Wildman–Crippen LogP) is 7.11. The Labute approximate surface area is 336 Å². The monoisotopic (exact) mass is 786 g/mol. The molecule has 5 aromatic rings. The van der Waals surface area contributed by atoms with Gasteiger partial charge in [0.25, 0.3) is 0 Å².